The fourth-order valence-electron chi connectivity index (χ4n) is 1.84. The minimum absolute atomic E-state index is 0.0582. The van der Waals surface area contributed by atoms with Gasteiger partial charge in [0.1, 0.15) is 18.0 Å². The fraction of sp³-hybridized carbons (Fsp3) is 0.692. The Hall–Kier alpha value is -1.36. The summed E-state index contributed by atoms with van der Waals surface area (Å²) in [5.74, 6) is 7.12. The molecule has 5 heteroatoms. The Balaban J connectivity index is 3.07. The topological polar surface area (TPSA) is 75.9 Å². The van der Waals surface area contributed by atoms with E-state index in [0.29, 0.717) is 5.82 Å². The monoisotopic (exact) mass is 251 g/mol. The first-order valence-corrected chi connectivity index (χ1v) is 6.68. The predicted molar refractivity (Wildman–Crippen MR) is 76.4 cm³/mol. The zero-order chi connectivity index (χ0) is 13.6. The van der Waals surface area contributed by atoms with E-state index < -0.39 is 0 Å². The van der Waals surface area contributed by atoms with Gasteiger partial charge in [0.25, 0.3) is 0 Å². The lowest BCUT2D eigenvalue weighted by molar-refractivity contribution is 0.476. The van der Waals surface area contributed by atoms with Gasteiger partial charge in [0, 0.05) is 11.1 Å². The predicted octanol–water partition coefficient (Wildman–Crippen LogP) is 2.71. The van der Waals surface area contributed by atoms with Crippen molar-refractivity contribution in [1.82, 2.24) is 9.97 Å². The summed E-state index contributed by atoms with van der Waals surface area (Å²) >= 11 is 0. The van der Waals surface area contributed by atoms with Crippen LogP contribution >= 0.6 is 0 Å². The van der Waals surface area contributed by atoms with E-state index in [1.807, 2.05) is 0 Å². The van der Waals surface area contributed by atoms with Crippen molar-refractivity contribution in [3.63, 3.8) is 0 Å². The Morgan fingerprint density at radius 3 is 2.28 bits per heavy atom. The minimum atomic E-state index is 0.0582. The van der Waals surface area contributed by atoms with Crippen LogP contribution in [-0.2, 0) is 6.42 Å². The molecule has 5 nitrogen and oxygen atoms in total. The quantitative estimate of drug-likeness (QED) is 0.513. The zero-order valence-electron chi connectivity index (χ0n) is 11.9. The van der Waals surface area contributed by atoms with Gasteiger partial charge in [-0.3, -0.25) is 0 Å². The van der Waals surface area contributed by atoms with Gasteiger partial charge in [-0.15, -0.1) is 0 Å². The fourth-order valence-corrected chi connectivity index (χ4v) is 1.84. The second-order valence-electron chi connectivity index (χ2n) is 4.84. The van der Waals surface area contributed by atoms with E-state index in [2.05, 4.69) is 48.4 Å². The molecule has 0 atom stereocenters. The third-order valence-corrected chi connectivity index (χ3v) is 3.56. The number of nitrogens with two attached hydrogens (primary N) is 1. The molecule has 0 saturated heterocycles. The highest BCUT2D eigenvalue weighted by Crippen LogP contribution is 2.26. The lowest BCUT2D eigenvalue weighted by atomic mass is 9.95. The summed E-state index contributed by atoms with van der Waals surface area (Å²) < 4.78 is 0. The Morgan fingerprint density at radius 1 is 1.17 bits per heavy atom. The molecule has 0 unspecified atom stereocenters. The Morgan fingerprint density at radius 2 is 1.78 bits per heavy atom. The van der Waals surface area contributed by atoms with Crippen LogP contribution < -0.4 is 16.6 Å². The highest BCUT2D eigenvalue weighted by molar-refractivity contribution is 5.57. The molecule has 18 heavy (non-hydrogen) atoms. The van der Waals surface area contributed by atoms with Crippen molar-refractivity contribution >= 4 is 11.6 Å². The average Bonchev–Trinajstić information content (AvgIpc) is 2.40. The number of nitrogens with one attached hydrogen (secondary N) is 2. The molecular formula is C13H25N5. The van der Waals surface area contributed by atoms with Gasteiger partial charge in [-0.2, -0.15) is 0 Å². The van der Waals surface area contributed by atoms with Crippen LogP contribution in [0.2, 0.25) is 0 Å². The Labute approximate surface area is 110 Å². The summed E-state index contributed by atoms with van der Waals surface area (Å²) in [5, 5.41) is 3.54. The smallest absolute Gasteiger partial charge is 0.148 e. The number of hydrogen-bond acceptors (Lipinski definition) is 5. The van der Waals surface area contributed by atoms with Crippen molar-refractivity contribution in [2.24, 2.45) is 5.84 Å². The van der Waals surface area contributed by atoms with Gasteiger partial charge in [-0.05, 0) is 26.2 Å². The summed E-state index contributed by atoms with van der Waals surface area (Å²) in [4.78, 5) is 8.54. The van der Waals surface area contributed by atoms with Gasteiger partial charge in [-0.1, -0.05) is 27.2 Å². The van der Waals surface area contributed by atoms with Crippen molar-refractivity contribution < 1.29 is 0 Å². The largest absolute Gasteiger partial charge is 0.365 e. The van der Waals surface area contributed by atoms with Crippen molar-refractivity contribution in [3.8, 4) is 0 Å². The normalized spacial score (nSPS) is 11.4. The van der Waals surface area contributed by atoms with E-state index in [9.17, 15) is 0 Å². The molecule has 0 amide bonds. The van der Waals surface area contributed by atoms with Gasteiger partial charge < -0.3 is 10.7 Å². The summed E-state index contributed by atoms with van der Waals surface area (Å²) in [6.45, 7) is 8.70. The molecule has 0 bridgehead atoms. The van der Waals surface area contributed by atoms with Crippen LogP contribution in [0.4, 0.5) is 11.6 Å². The molecule has 0 saturated carbocycles. The number of nitrogen functional groups attached to an aromatic ring is 1. The maximum atomic E-state index is 5.51. The first-order valence-electron chi connectivity index (χ1n) is 6.68. The first kappa shape index (κ1) is 14.7. The molecule has 1 aromatic heterocycles. The van der Waals surface area contributed by atoms with Crippen molar-refractivity contribution in [3.05, 3.63) is 11.9 Å². The van der Waals surface area contributed by atoms with E-state index >= 15 is 0 Å². The standard InChI is InChI=1S/C13H25N5/c1-5-8-10-11(15-9-16-12(10)18-14)17-13(4,6-2)7-3/h9H,5-8,14H2,1-4H3,(H2,15,16,17,18). The van der Waals surface area contributed by atoms with Gasteiger partial charge in [0.15, 0.2) is 0 Å². The van der Waals surface area contributed by atoms with Crippen LogP contribution in [0, 0.1) is 0 Å². The molecule has 0 fully saturated rings. The second kappa shape index (κ2) is 6.54. The minimum Gasteiger partial charge on any atom is -0.365 e. The Kier molecular flexibility index (Phi) is 5.34. The third-order valence-electron chi connectivity index (χ3n) is 3.56. The molecule has 102 valence electrons. The van der Waals surface area contributed by atoms with Gasteiger partial charge in [-0.25, -0.2) is 15.8 Å². The molecule has 4 N–H and O–H groups in total. The van der Waals surface area contributed by atoms with E-state index in [0.717, 1.165) is 37.1 Å². The number of hydrogen-bond donors (Lipinski definition) is 3. The molecule has 0 aliphatic heterocycles. The number of nitrogens with zero attached hydrogens (tertiary/aromatic N) is 2. The maximum Gasteiger partial charge on any atom is 0.148 e. The van der Waals surface area contributed by atoms with Gasteiger partial charge in [0.05, 0.1) is 0 Å². The van der Waals surface area contributed by atoms with E-state index in [-0.39, 0.29) is 5.54 Å². The van der Waals surface area contributed by atoms with Gasteiger partial charge in [0.2, 0.25) is 0 Å². The summed E-state index contributed by atoms with van der Waals surface area (Å²) in [5.41, 5.74) is 3.78. The third kappa shape index (κ3) is 3.32. The van der Waals surface area contributed by atoms with Crippen LogP contribution in [0.5, 0.6) is 0 Å². The van der Waals surface area contributed by atoms with Crippen molar-refractivity contribution in [1.29, 1.82) is 0 Å². The maximum absolute atomic E-state index is 5.51. The van der Waals surface area contributed by atoms with Crippen LogP contribution in [-0.4, -0.2) is 15.5 Å². The van der Waals surface area contributed by atoms with Crippen LogP contribution in [0.1, 0.15) is 52.5 Å². The lowest BCUT2D eigenvalue weighted by Gasteiger charge is -2.30. The summed E-state index contributed by atoms with van der Waals surface area (Å²) in [7, 11) is 0. The molecule has 1 aromatic rings. The Bertz CT molecular complexity index is 374. The summed E-state index contributed by atoms with van der Waals surface area (Å²) in [6.07, 6.45) is 5.58. The SMILES string of the molecule is CCCc1c(NN)ncnc1NC(C)(CC)CC. The molecule has 0 radical (unpaired) electrons. The molecule has 1 heterocycles. The van der Waals surface area contributed by atoms with E-state index in [4.69, 9.17) is 5.84 Å². The highest BCUT2D eigenvalue weighted by Gasteiger charge is 2.22. The number of aromatic nitrogens is 2. The van der Waals surface area contributed by atoms with Crippen molar-refractivity contribution in [2.45, 2.75) is 58.9 Å². The average molecular weight is 251 g/mol. The first-order chi connectivity index (χ1) is 8.60. The van der Waals surface area contributed by atoms with E-state index in [1.165, 1.54) is 0 Å². The molecule has 0 aliphatic carbocycles. The molecule has 0 spiro atoms. The van der Waals surface area contributed by atoms with Gasteiger partial charge >= 0.3 is 0 Å². The molecule has 0 aromatic carbocycles. The number of hydrazine groups is 1. The molecular weight excluding hydrogens is 226 g/mol. The van der Waals surface area contributed by atoms with Crippen LogP contribution in [0.15, 0.2) is 6.33 Å². The highest BCUT2D eigenvalue weighted by atomic mass is 15.3. The van der Waals surface area contributed by atoms with E-state index in [1.54, 1.807) is 6.33 Å². The molecule has 0 aliphatic rings. The zero-order valence-corrected chi connectivity index (χ0v) is 11.9. The van der Waals surface area contributed by atoms with Crippen LogP contribution in [0.3, 0.4) is 0 Å². The molecule has 1 rings (SSSR count). The van der Waals surface area contributed by atoms with Crippen LogP contribution in [0.25, 0.3) is 0 Å². The lowest BCUT2D eigenvalue weighted by Crippen LogP contribution is -2.34. The van der Waals surface area contributed by atoms with Crippen molar-refractivity contribution in [2.75, 3.05) is 10.7 Å². The number of rotatable bonds is 7. The summed E-state index contributed by atoms with van der Waals surface area (Å²) in [6, 6.07) is 0. The second-order valence-corrected chi connectivity index (χ2v) is 4.84. The number of anilines is 2.